The number of ether oxygens (including phenoxy) is 2. The van der Waals surface area contributed by atoms with Gasteiger partial charge >= 0.3 is 5.97 Å². The summed E-state index contributed by atoms with van der Waals surface area (Å²) in [6.07, 6.45) is 0. The monoisotopic (exact) mass is 410 g/mol. The molecule has 6 nitrogen and oxygen atoms in total. The molecular weight excluding hydrogens is 391 g/mol. The van der Waals surface area contributed by atoms with E-state index >= 15 is 0 Å². The molecule has 0 aliphatic rings. The number of halogens is 2. The van der Waals surface area contributed by atoms with E-state index in [1.54, 1.807) is 35.2 Å². The van der Waals surface area contributed by atoms with Crippen molar-refractivity contribution in [3.05, 3.63) is 58.1 Å². The van der Waals surface area contributed by atoms with Crippen LogP contribution in [0.2, 0.25) is 10.0 Å². The lowest BCUT2D eigenvalue weighted by atomic mass is 10.2. The van der Waals surface area contributed by atoms with Gasteiger partial charge < -0.3 is 14.8 Å². The highest BCUT2D eigenvalue weighted by atomic mass is 35.5. The van der Waals surface area contributed by atoms with Crippen LogP contribution in [0.4, 0.5) is 5.69 Å². The lowest BCUT2D eigenvalue weighted by Crippen LogP contribution is -2.37. The van der Waals surface area contributed by atoms with E-state index in [-0.39, 0.29) is 19.0 Å². The number of hydrogen-bond acceptors (Lipinski definition) is 5. The maximum atomic E-state index is 12.5. The molecular formula is C19H20Cl2N2O4. The highest BCUT2D eigenvalue weighted by Crippen LogP contribution is 2.27. The summed E-state index contributed by atoms with van der Waals surface area (Å²) in [7, 11) is 2.81. The summed E-state index contributed by atoms with van der Waals surface area (Å²) >= 11 is 11.9. The van der Waals surface area contributed by atoms with E-state index in [0.29, 0.717) is 28.0 Å². The average molecular weight is 411 g/mol. The van der Waals surface area contributed by atoms with Crippen molar-refractivity contribution in [2.24, 2.45) is 0 Å². The molecule has 0 radical (unpaired) electrons. The Balaban J connectivity index is 2.09. The normalized spacial score (nSPS) is 10.6. The van der Waals surface area contributed by atoms with E-state index < -0.39 is 5.97 Å². The maximum absolute atomic E-state index is 12.5. The van der Waals surface area contributed by atoms with E-state index in [9.17, 15) is 9.59 Å². The summed E-state index contributed by atoms with van der Waals surface area (Å²) in [5, 5.41) is 3.84. The largest absolute Gasteiger partial charge is 0.495 e. The number of hydrogen-bond donors (Lipinski definition) is 1. The summed E-state index contributed by atoms with van der Waals surface area (Å²) < 4.78 is 9.94. The molecule has 0 spiro atoms. The number of carbonyl (C=O) groups is 2. The number of methoxy groups -OCH3 is 2. The first-order valence-electron chi connectivity index (χ1n) is 8.08. The Morgan fingerprint density at radius 2 is 1.67 bits per heavy atom. The van der Waals surface area contributed by atoms with Crippen molar-refractivity contribution >= 4 is 40.8 Å². The minimum absolute atomic E-state index is 0.0204. The summed E-state index contributed by atoms with van der Waals surface area (Å²) in [5.74, 6) is -0.254. The fraction of sp³-hybridized carbons (Fsp3) is 0.263. The molecule has 0 bridgehead atoms. The summed E-state index contributed by atoms with van der Waals surface area (Å²) in [5.41, 5.74) is 1.37. The first-order chi connectivity index (χ1) is 12.9. The first-order valence-corrected chi connectivity index (χ1v) is 8.84. The van der Waals surface area contributed by atoms with Gasteiger partial charge in [-0.3, -0.25) is 14.5 Å². The quantitative estimate of drug-likeness (QED) is 0.673. The summed E-state index contributed by atoms with van der Waals surface area (Å²) in [4.78, 5) is 25.9. The van der Waals surface area contributed by atoms with Gasteiger partial charge in [-0.25, -0.2) is 0 Å². The summed E-state index contributed by atoms with van der Waals surface area (Å²) in [6.45, 7) is 0.332. The van der Waals surface area contributed by atoms with Crippen LogP contribution in [0, 0.1) is 0 Å². The topological polar surface area (TPSA) is 67.9 Å². The molecule has 0 unspecified atom stereocenters. The molecule has 144 valence electrons. The molecule has 0 heterocycles. The zero-order chi connectivity index (χ0) is 19.8. The number of benzene rings is 2. The van der Waals surface area contributed by atoms with Gasteiger partial charge in [-0.15, -0.1) is 0 Å². The Labute approximate surface area is 168 Å². The van der Waals surface area contributed by atoms with Crippen LogP contribution in [0.3, 0.4) is 0 Å². The number of esters is 1. The van der Waals surface area contributed by atoms with Gasteiger partial charge in [-0.05, 0) is 35.9 Å². The molecule has 0 saturated carbocycles. The van der Waals surface area contributed by atoms with E-state index in [0.717, 1.165) is 5.56 Å². The molecule has 0 aliphatic heterocycles. The number of rotatable bonds is 8. The third-order valence-electron chi connectivity index (χ3n) is 3.70. The van der Waals surface area contributed by atoms with E-state index in [2.05, 4.69) is 5.32 Å². The van der Waals surface area contributed by atoms with Gasteiger partial charge in [0.25, 0.3) is 0 Å². The highest BCUT2D eigenvalue weighted by molar-refractivity contribution is 6.31. The minimum Gasteiger partial charge on any atom is -0.495 e. The Hall–Kier alpha value is -2.28. The maximum Gasteiger partial charge on any atom is 0.319 e. The van der Waals surface area contributed by atoms with Crippen LogP contribution in [0.25, 0.3) is 0 Å². The van der Waals surface area contributed by atoms with Gasteiger partial charge in [0, 0.05) is 16.6 Å². The second-order valence-electron chi connectivity index (χ2n) is 5.74. The molecule has 2 aromatic rings. The molecule has 27 heavy (non-hydrogen) atoms. The van der Waals surface area contributed by atoms with E-state index in [1.165, 1.54) is 14.2 Å². The van der Waals surface area contributed by atoms with Gasteiger partial charge in [-0.2, -0.15) is 0 Å². The van der Waals surface area contributed by atoms with Crippen LogP contribution in [-0.2, 0) is 20.9 Å². The predicted octanol–water partition coefficient (Wildman–Crippen LogP) is 3.62. The lowest BCUT2D eigenvalue weighted by molar-refractivity contribution is -0.142. The molecule has 8 heteroatoms. The standard InChI is InChI=1S/C19H20Cl2N2O4/c1-26-17-8-7-15(21)9-16(17)22-18(24)11-23(12-19(25)27-2)10-13-3-5-14(20)6-4-13/h3-9H,10-12H2,1-2H3,(H,22,24). The smallest absolute Gasteiger partial charge is 0.319 e. The van der Waals surface area contributed by atoms with Crippen molar-refractivity contribution in [1.29, 1.82) is 0 Å². The molecule has 1 N–H and O–H groups in total. The van der Waals surface area contributed by atoms with Crippen LogP contribution in [0.1, 0.15) is 5.56 Å². The molecule has 0 aromatic heterocycles. The molecule has 0 aliphatic carbocycles. The zero-order valence-corrected chi connectivity index (χ0v) is 16.5. The fourth-order valence-electron chi connectivity index (χ4n) is 2.43. The molecule has 1 amide bonds. The minimum atomic E-state index is -0.433. The Morgan fingerprint density at radius 1 is 1.00 bits per heavy atom. The van der Waals surface area contributed by atoms with Crippen molar-refractivity contribution in [1.82, 2.24) is 4.90 Å². The van der Waals surface area contributed by atoms with Crippen molar-refractivity contribution in [2.75, 3.05) is 32.6 Å². The Kier molecular flexibility index (Phi) is 7.91. The Morgan fingerprint density at radius 3 is 2.30 bits per heavy atom. The van der Waals surface area contributed by atoms with Crippen LogP contribution in [0.5, 0.6) is 5.75 Å². The van der Waals surface area contributed by atoms with Gasteiger partial charge in [0.2, 0.25) is 5.91 Å². The average Bonchev–Trinajstić information content (AvgIpc) is 2.63. The van der Waals surface area contributed by atoms with Crippen molar-refractivity contribution in [2.45, 2.75) is 6.54 Å². The number of carbonyl (C=O) groups excluding carboxylic acids is 2. The van der Waals surface area contributed by atoms with Gasteiger partial charge in [0.15, 0.2) is 0 Å². The van der Waals surface area contributed by atoms with Crippen LogP contribution >= 0.6 is 23.2 Å². The van der Waals surface area contributed by atoms with Gasteiger partial charge in [0.1, 0.15) is 5.75 Å². The highest BCUT2D eigenvalue weighted by Gasteiger charge is 2.17. The lowest BCUT2D eigenvalue weighted by Gasteiger charge is -2.21. The van der Waals surface area contributed by atoms with E-state index in [1.807, 2.05) is 12.1 Å². The molecule has 2 aromatic carbocycles. The SMILES string of the molecule is COC(=O)CN(CC(=O)Nc1cc(Cl)ccc1OC)Cc1ccc(Cl)cc1. The number of nitrogens with one attached hydrogen (secondary N) is 1. The van der Waals surface area contributed by atoms with Crippen LogP contribution < -0.4 is 10.1 Å². The van der Waals surface area contributed by atoms with Gasteiger partial charge in [0.05, 0.1) is 33.0 Å². The van der Waals surface area contributed by atoms with Crippen molar-refractivity contribution < 1.29 is 19.1 Å². The molecule has 0 fully saturated rings. The molecule has 0 saturated heterocycles. The number of amides is 1. The third kappa shape index (κ3) is 6.75. The zero-order valence-electron chi connectivity index (χ0n) is 15.0. The van der Waals surface area contributed by atoms with Crippen molar-refractivity contribution in [3.63, 3.8) is 0 Å². The molecule has 2 rings (SSSR count). The predicted molar refractivity (Wildman–Crippen MR) is 105 cm³/mol. The van der Waals surface area contributed by atoms with Gasteiger partial charge in [-0.1, -0.05) is 35.3 Å². The number of nitrogens with zero attached hydrogens (tertiary/aromatic N) is 1. The first kappa shape index (κ1) is 21.0. The van der Waals surface area contributed by atoms with Crippen molar-refractivity contribution in [3.8, 4) is 5.75 Å². The fourth-order valence-corrected chi connectivity index (χ4v) is 2.73. The summed E-state index contributed by atoms with van der Waals surface area (Å²) in [6, 6.07) is 12.1. The Bertz CT molecular complexity index is 797. The molecule has 0 atom stereocenters. The number of anilines is 1. The second-order valence-corrected chi connectivity index (χ2v) is 6.61. The van der Waals surface area contributed by atoms with Crippen LogP contribution in [0.15, 0.2) is 42.5 Å². The van der Waals surface area contributed by atoms with Crippen LogP contribution in [-0.4, -0.2) is 44.1 Å². The second kappa shape index (κ2) is 10.2. The van der Waals surface area contributed by atoms with E-state index in [4.69, 9.17) is 32.7 Å². The third-order valence-corrected chi connectivity index (χ3v) is 4.19.